The zero-order valence-electron chi connectivity index (χ0n) is 10.4. The minimum absolute atomic E-state index is 0.188. The molecule has 1 aromatic rings. The van der Waals surface area contributed by atoms with Gasteiger partial charge in [0.2, 0.25) is 5.01 Å². The van der Waals surface area contributed by atoms with E-state index in [0.29, 0.717) is 8.70 Å². The molecule has 0 spiro atoms. The molecule has 6 nitrogen and oxygen atoms in total. The number of thiazole rings is 1. The number of aromatic nitrogens is 1. The summed E-state index contributed by atoms with van der Waals surface area (Å²) in [5, 5.41) is 3.20. The lowest BCUT2D eigenvalue weighted by Crippen LogP contribution is -2.27. The van der Waals surface area contributed by atoms with Crippen LogP contribution in [0, 0.1) is 3.70 Å². The first-order valence-corrected chi connectivity index (χ1v) is 6.87. The Bertz CT molecular complexity index is 467. The highest BCUT2D eigenvalue weighted by molar-refractivity contribution is 14.1. The summed E-state index contributed by atoms with van der Waals surface area (Å²) in [5.41, 5.74) is -0.578. The fourth-order valence-corrected chi connectivity index (χ4v) is 2.58. The Morgan fingerprint density at radius 2 is 2.00 bits per heavy atom. The van der Waals surface area contributed by atoms with Crippen molar-refractivity contribution in [2.75, 3.05) is 12.4 Å². The van der Waals surface area contributed by atoms with E-state index in [1.807, 2.05) is 22.6 Å². The molecule has 0 saturated carbocycles. The molecular weight excluding hydrogens is 371 g/mol. The van der Waals surface area contributed by atoms with E-state index in [2.05, 4.69) is 15.0 Å². The van der Waals surface area contributed by atoms with Gasteiger partial charge >= 0.3 is 12.1 Å². The van der Waals surface area contributed by atoms with Gasteiger partial charge in [-0.1, -0.05) is 11.3 Å². The second-order valence-corrected chi connectivity index (χ2v) is 6.28. The third-order valence-corrected chi connectivity index (χ3v) is 3.66. The predicted octanol–water partition coefficient (Wildman–Crippen LogP) is 2.88. The van der Waals surface area contributed by atoms with Crippen LogP contribution < -0.4 is 5.32 Å². The number of esters is 1. The first-order valence-electron chi connectivity index (χ1n) is 4.97. The molecule has 0 aliphatic heterocycles. The maximum absolute atomic E-state index is 11.6. The number of hydrogen-bond acceptors (Lipinski definition) is 6. The lowest BCUT2D eigenvalue weighted by Gasteiger charge is -2.19. The molecule has 1 heterocycles. The number of nitrogens with one attached hydrogen (secondary N) is 1. The third-order valence-electron chi connectivity index (χ3n) is 1.56. The van der Waals surface area contributed by atoms with E-state index in [0.717, 1.165) is 11.3 Å². The van der Waals surface area contributed by atoms with Gasteiger partial charge in [0.05, 0.1) is 7.11 Å². The van der Waals surface area contributed by atoms with Crippen molar-refractivity contribution in [3.05, 3.63) is 8.71 Å². The van der Waals surface area contributed by atoms with Crippen LogP contribution in [-0.2, 0) is 9.47 Å². The molecule has 0 unspecified atom stereocenters. The number of methoxy groups -OCH3 is 1. The zero-order chi connectivity index (χ0) is 13.9. The van der Waals surface area contributed by atoms with E-state index in [4.69, 9.17) is 4.74 Å². The van der Waals surface area contributed by atoms with Gasteiger partial charge in [-0.2, -0.15) is 0 Å². The second kappa shape index (κ2) is 5.83. The minimum atomic E-state index is -0.583. The van der Waals surface area contributed by atoms with Crippen molar-refractivity contribution in [3.8, 4) is 0 Å². The number of carbonyl (C=O) groups excluding carboxylic acids is 2. The standard InChI is InChI=1S/C10H13IN2O4S/c1-10(2,3)17-9(15)13-6-5(11)12-7(18-6)8(14)16-4/h1-4H3,(H,13,15). The molecule has 0 radical (unpaired) electrons. The van der Waals surface area contributed by atoms with Crippen LogP contribution in [0.5, 0.6) is 0 Å². The lowest BCUT2D eigenvalue weighted by molar-refractivity contribution is 0.0597. The molecule has 1 amide bonds. The lowest BCUT2D eigenvalue weighted by atomic mass is 10.2. The summed E-state index contributed by atoms with van der Waals surface area (Å²) < 4.78 is 10.2. The fourth-order valence-electron chi connectivity index (χ4n) is 0.950. The summed E-state index contributed by atoms with van der Waals surface area (Å²) in [6.07, 6.45) is -0.583. The van der Waals surface area contributed by atoms with Crippen LogP contribution in [-0.4, -0.2) is 29.8 Å². The number of halogens is 1. The summed E-state index contributed by atoms with van der Waals surface area (Å²) in [6, 6.07) is 0. The van der Waals surface area contributed by atoms with Gasteiger partial charge < -0.3 is 9.47 Å². The molecule has 0 bridgehead atoms. The molecule has 8 heteroatoms. The molecule has 0 saturated heterocycles. The molecule has 0 atom stereocenters. The average molecular weight is 384 g/mol. The van der Waals surface area contributed by atoms with Crippen LogP contribution in [0.15, 0.2) is 0 Å². The SMILES string of the molecule is COC(=O)c1nc(I)c(NC(=O)OC(C)(C)C)s1. The number of amides is 1. The maximum atomic E-state index is 11.6. The molecule has 1 rings (SSSR count). The van der Waals surface area contributed by atoms with Crippen molar-refractivity contribution in [3.63, 3.8) is 0 Å². The first-order chi connectivity index (χ1) is 8.23. The molecule has 0 aliphatic rings. The van der Waals surface area contributed by atoms with Gasteiger partial charge in [0, 0.05) is 0 Å². The number of carbonyl (C=O) groups is 2. The Labute approximate surface area is 122 Å². The van der Waals surface area contributed by atoms with Crippen LogP contribution >= 0.6 is 33.9 Å². The van der Waals surface area contributed by atoms with E-state index in [1.54, 1.807) is 20.8 Å². The number of nitrogens with zero attached hydrogens (tertiary/aromatic N) is 1. The van der Waals surface area contributed by atoms with Gasteiger partial charge in [0.15, 0.2) is 0 Å². The largest absolute Gasteiger partial charge is 0.464 e. The molecular formula is C10H13IN2O4S. The van der Waals surface area contributed by atoms with Crippen molar-refractivity contribution in [2.45, 2.75) is 26.4 Å². The van der Waals surface area contributed by atoms with Gasteiger partial charge in [0.25, 0.3) is 0 Å². The predicted molar refractivity (Wildman–Crippen MR) is 76.0 cm³/mol. The zero-order valence-corrected chi connectivity index (χ0v) is 13.3. The van der Waals surface area contributed by atoms with Gasteiger partial charge in [-0.3, -0.25) is 5.32 Å². The Morgan fingerprint density at radius 1 is 1.39 bits per heavy atom. The third kappa shape index (κ3) is 4.41. The summed E-state index contributed by atoms with van der Waals surface area (Å²) in [6.45, 7) is 5.30. The number of anilines is 1. The number of rotatable bonds is 2. The summed E-state index contributed by atoms with van der Waals surface area (Å²) in [5.74, 6) is -0.532. The molecule has 1 aromatic heterocycles. The van der Waals surface area contributed by atoms with Crippen molar-refractivity contribution >= 4 is 51.0 Å². The van der Waals surface area contributed by atoms with E-state index in [1.165, 1.54) is 7.11 Å². The molecule has 0 aliphatic carbocycles. The topological polar surface area (TPSA) is 77.5 Å². The Kier molecular flexibility index (Phi) is 4.91. The van der Waals surface area contributed by atoms with Crippen molar-refractivity contribution in [2.24, 2.45) is 0 Å². The fraction of sp³-hybridized carbons (Fsp3) is 0.500. The Hall–Kier alpha value is -0.900. The highest BCUT2D eigenvalue weighted by Crippen LogP contribution is 2.27. The van der Waals surface area contributed by atoms with Crippen LogP contribution in [0.3, 0.4) is 0 Å². The summed E-state index contributed by atoms with van der Waals surface area (Å²) >= 11 is 2.96. The van der Waals surface area contributed by atoms with E-state index < -0.39 is 17.7 Å². The maximum Gasteiger partial charge on any atom is 0.412 e. The van der Waals surface area contributed by atoms with Gasteiger partial charge in [-0.25, -0.2) is 14.6 Å². The quantitative estimate of drug-likeness (QED) is 0.627. The summed E-state index contributed by atoms with van der Waals surface area (Å²) in [4.78, 5) is 26.8. The smallest absolute Gasteiger partial charge is 0.412 e. The average Bonchev–Trinajstić information content (AvgIpc) is 2.56. The summed E-state index contributed by atoms with van der Waals surface area (Å²) in [7, 11) is 1.28. The number of hydrogen-bond donors (Lipinski definition) is 1. The molecule has 0 fully saturated rings. The van der Waals surface area contributed by atoms with Crippen LogP contribution in [0.1, 0.15) is 30.6 Å². The van der Waals surface area contributed by atoms with Gasteiger partial charge in [-0.05, 0) is 43.4 Å². The van der Waals surface area contributed by atoms with Gasteiger partial charge in [-0.15, -0.1) is 0 Å². The van der Waals surface area contributed by atoms with Crippen molar-refractivity contribution in [1.82, 2.24) is 4.98 Å². The van der Waals surface area contributed by atoms with E-state index in [9.17, 15) is 9.59 Å². The van der Waals surface area contributed by atoms with Crippen LogP contribution in [0.25, 0.3) is 0 Å². The highest BCUT2D eigenvalue weighted by Gasteiger charge is 2.20. The Balaban J connectivity index is 2.76. The monoisotopic (exact) mass is 384 g/mol. The van der Waals surface area contributed by atoms with Crippen molar-refractivity contribution < 1.29 is 19.1 Å². The minimum Gasteiger partial charge on any atom is -0.464 e. The van der Waals surface area contributed by atoms with Gasteiger partial charge in [0.1, 0.15) is 14.3 Å². The highest BCUT2D eigenvalue weighted by atomic mass is 127. The molecule has 18 heavy (non-hydrogen) atoms. The molecule has 1 N–H and O–H groups in total. The van der Waals surface area contributed by atoms with Crippen LogP contribution in [0.2, 0.25) is 0 Å². The molecule has 100 valence electrons. The van der Waals surface area contributed by atoms with Crippen LogP contribution in [0.4, 0.5) is 9.80 Å². The Morgan fingerprint density at radius 3 is 2.50 bits per heavy atom. The molecule has 0 aromatic carbocycles. The number of ether oxygens (including phenoxy) is 2. The van der Waals surface area contributed by atoms with E-state index in [-0.39, 0.29) is 5.01 Å². The first kappa shape index (κ1) is 15.2. The second-order valence-electron chi connectivity index (χ2n) is 4.26. The van der Waals surface area contributed by atoms with Crippen molar-refractivity contribution in [1.29, 1.82) is 0 Å². The van der Waals surface area contributed by atoms with E-state index >= 15 is 0 Å². The normalized spacial score (nSPS) is 10.9.